The molecule has 26 heavy (non-hydrogen) atoms. The van der Waals surface area contributed by atoms with Gasteiger partial charge < -0.3 is 4.57 Å². The number of thioether (sulfide) groups is 1. The van der Waals surface area contributed by atoms with E-state index in [1.54, 1.807) is 6.08 Å². The van der Waals surface area contributed by atoms with Crippen LogP contribution in [0.2, 0.25) is 0 Å². The Kier molecular flexibility index (Phi) is 4.25. The number of aromatic nitrogens is 1. The van der Waals surface area contributed by atoms with Crippen molar-refractivity contribution in [2.75, 3.05) is 0 Å². The Morgan fingerprint density at radius 2 is 1.81 bits per heavy atom. The van der Waals surface area contributed by atoms with E-state index in [2.05, 4.69) is 44.0 Å². The Bertz CT molecular complexity index is 1110. The van der Waals surface area contributed by atoms with E-state index in [1.807, 2.05) is 38.1 Å². The van der Waals surface area contributed by atoms with Crippen molar-refractivity contribution < 1.29 is 9.59 Å². The van der Waals surface area contributed by atoms with E-state index in [0.29, 0.717) is 4.91 Å². The van der Waals surface area contributed by atoms with Gasteiger partial charge >= 0.3 is 0 Å². The number of imide groups is 1. The SMILES string of the molecule is Cc1cc(/C=C2\SC(=O)NC2=O)c(C)n1-c1ccc(Br)c2ccccc12. The van der Waals surface area contributed by atoms with Gasteiger partial charge in [0, 0.05) is 21.2 Å². The predicted octanol–water partition coefficient (Wildman–Crippen LogP) is 5.33. The van der Waals surface area contributed by atoms with Gasteiger partial charge in [-0.1, -0.05) is 40.2 Å². The highest BCUT2D eigenvalue weighted by atomic mass is 79.9. The van der Waals surface area contributed by atoms with E-state index in [1.165, 1.54) is 0 Å². The van der Waals surface area contributed by atoms with E-state index >= 15 is 0 Å². The summed E-state index contributed by atoms with van der Waals surface area (Å²) in [5.74, 6) is -0.334. The molecule has 2 amide bonds. The molecule has 0 unspecified atom stereocenters. The van der Waals surface area contributed by atoms with Crippen LogP contribution in [0.3, 0.4) is 0 Å². The van der Waals surface area contributed by atoms with Gasteiger partial charge in [0.15, 0.2) is 0 Å². The quantitative estimate of drug-likeness (QED) is 0.563. The van der Waals surface area contributed by atoms with E-state index in [0.717, 1.165) is 49.6 Å². The Morgan fingerprint density at radius 1 is 1.08 bits per heavy atom. The molecular weight excluding hydrogens is 412 g/mol. The molecule has 0 bridgehead atoms. The maximum Gasteiger partial charge on any atom is 0.290 e. The zero-order chi connectivity index (χ0) is 18.4. The summed E-state index contributed by atoms with van der Waals surface area (Å²) in [5, 5.41) is 4.26. The molecule has 1 N–H and O–H groups in total. The van der Waals surface area contributed by atoms with Crippen LogP contribution >= 0.6 is 27.7 Å². The summed E-state index contributed by atoms with van der Waals surface area (Å²) in [6.45, 7) is 4.06. The van der Waals surface area contributed by atoms with Gasteiger partial charge in [-0.15, -0.1) is 0 Å². The third-order valence-corrected chi connectivity index (χ3v) is 5.99. The zero-order valence-corrected chi connectivity index (χ0v) is 16.6. The number of halogens is 1. The summed E-state index contributed by atoms with van der Waals surface area (Å²) in [5.41, 5.74) is 4.11. The lowest BCUT2D eigenvalue weighted by atomic mass is 10.1. The minimum atomic E-state index is -0.334. The molecule has 3 aromatic rings. The van der Waals surface area contributed by atoms with Crippen molar-refractivity contribution >= 4 is 55.7 Å². The van der Waals surface area contributed by atoms with Crippen LogP contribution in [0.5, 0.6) is 0 Å². The second kappa shape index (κ2) is 6.45. The van der Waals surface area contributed by atoms with E-state index in [9.17, 15) is 9.59 Å². The Labute approximate surface area is 163 Å². The normalized spacial score (nSPS) is 15.9. The molecule has 0 aliphatic carbocycles. The highest BCUT2D eigenvalue weighted by Gasteiger charge is 2.25. The van der Waals surface area contributed by atoms with Crippen molar-refractivity contribution in [3.8, 4) is 5.69 Å². The Hall–Kier alpha value is -2.31. The number of hydrogen-bond donors (Lipinski definition) is 1. The molecule has 1 aromatic heterocycles. The van der Waals surface area contributed by atoms with Gasteiger partial charge in [-0.05, 0) is 60.8 Å². The monoisotopic (exact) mass is 426 g/mol. The first-order valence-electron chi connectivity index (χ1n) is 8.07. The molecule has 0 spiro atoms. The molecule has 0 atom stereocenters. The van der Waals surface area contributed by atoms with Crippen LogP contribution in [0.4, 0.5) is 4.79 Å². The zero-order valence-electron chi connectivity index (χ0n) is 14.2. The molecule has 1 aliphatic heterocycles. The van der Waals surface area contributed by atoms with Gasteiger partial charge in [0.1, 0.15) is 0 Å². The number of aryl methyl sites for hydroxylation is 1. The van der Waals surface area contributed by atoms with E-state index in [4.69, 9.17) is 0 Å². The van der Waals surface area contributed by atoms with Crippen molar-refractivity contribution in [2.24, 2.45) is 0 Å². The smallest absolute Gasteiger partial charge is 0.290 e. The molecule has 6 heteroatoms. The molecule has 1 fully saturated rings. The lowest BCUT2D eigenvalue weighted by molar-refractivity contribution is -0.115. The molecule has 0 radical (unpaired) electrons. The van der Waals surface area contributed by atoms with Crippen molar-refractivity contribution in [1.82, 2.24) is 9.88 Å². The van der Waals surface area contributed by atoms with Crippen LogP contribution in [0.15, 0.2) is 51.8 Å². The first kappa shape index (κ1) is 17.1. The van der Waals surface area contributed by atoms with Crippen LogP contribution in [0, 0.1) is 13.8 Å². The van der Waals surface area contributed by atoms with Crippen LogP contribution in [-0.2, 0) is 4.79 Å². The van der Waals surface area contributed by atoms with Crippen LogP contribution in [-0.4, -0.2) is 15.7 Å². The maximum absolute atomic E-state index is 11.8. The fraction of sp³-hybridized carbons (Fsp3) is 0.100. The Balaban J connectivity index is 1.89. The third kappa shape index (κ3) is 2.79. The highest BCUT2D eigenvalue weighted by molar-refractivity contribution is 9.10. The number of hydrogen-bond acceptors (Lipinski definition) is 3. The summed E-state index contributed by atoms with van der Waals surface area (Å²) >= 11 is 4.56. The lowest BCUT2D eigenvalue weighted by Crippen LogP contribution is -2.17. The minimum Gasteiger partial charge on any atom is -0.317 e. The second-order valence-corrected chi connectivity index (χ2v) is 8.00. The van der Waals surface area contributed by atoms with Crippen molar-refractivity contribution in [2.45, 2.75) is 13.8 Å². The van der Waals surface area contributed by atoms with Crippen molar-refractivity contribution in [3.05, 3.63) is 68.8 Å². The number of carbonyl (C=O) groups excluding carboxylic acids is 2. The summed E-state index contributed by atoms with van der Waals surface area (Å²) < 4.78 is 3.24. The number of carbonyl (C=O) groups is 2. The molecule has 1 aliphatic rings. The minimum absolute atomic E-state index is 0.325. The number of nitrogens with one attached hydrogen (secondary N) is 1. The number of rotatable bonds is 2. The first-order valence-corrected chi connectivity index (χ1v) is 9.68. The number of fused-ring (bicyclic) bond motifs is 1. The van der Waals surface area contributed by atoms with Crippen LogP contribution < -0.4 is 5.32 Å². The molecule has 0 saturated carbocycles. The van der Waals surface area contributed by atoms with Gasteiger partial charge in [0.05, 0.1) is 10.6 Å². The number of nitrogens with zero attached hydrogens (tertiary/aromatic N) is 1. The number of benzene rings is 2. The highest BCUT2D eigenvalue weighted by Crippen LogP contribution is 2.33. The van der Waals surface area contributed by atoms with Gasteiger partial charge in [0.2, 0.25) is 0 Å². The topological polar surface area (TPSA) is 51.1 Å². The molecule has 2 aromatic carbocycles. The molecule has 1 saturated heterocycles. The number of amides is 2. The van der Waals surface area contributed by atoms with Crippen molar-refractivity contribution in [3.63, 3.8) is 0 Å². The second-order valence-electron chi connectivity index (χ2n) is 6.13. The van der Waals surface area contributed by atoms with Crippen LogP contribution in [0.1, 0.15) is 17.0 Å². The molecular formula is C20H15BrN2O2S. The average Bonchev–Trinajstić information content (AvgIpc) is 3.07. The van der Waals surface area contributed by atoms with Gasteiger partial charge in [0.25, 0.3) is 11.1 Å². The largest absolute Gasteiger partial charge is 0.317 e. The molecule has 130 valence electrons. The van der Waals surface area contributed by atoms with Gasteiger partial charge in [-0.2, -0.15) is 0 Å². The van der Waals surface area contributed by atoms with Gasteiger partial charge in [-0.25, -0.2) is 0 Å². The fourth-order valence-corrected chi connectivity index (χ4v) is 4.46. The molecule has 4 nitrogen and oxygen atoms in total. The predicted molar refractivity (Wildman–Crippen MR) is 110 cm³/mol. The van der Waals surface area contributed by atoms with E-state index < -0.39 is 0 Å². The lowest BCUT2D eigenvalue weighted by Gasteiger charge is -2.14. The summed E-state index contributed by atoms with van der Waals surface area (Å²) in [6, 6.07) is 14.4. The average molecular weight is 427 g/mol. The van der Waals surface area contributed by atoms with Gasteiger partial charge in [-0.3, -0.25) is 14.9 Å². The first-order chi connectivity index (χ1) is 12.5. The standard InChI is InChI=1S/C20H15BrN2O2S/c1-11-9-13(10-18-19(24)22-20(25)26-18)12(2)23(11)17-8-7-16(21)14-5-3-4-6-15(14)17/h3-10H,1-2H3,(H,22,24,25)/b18-10-. The molecule has 4 rings (SSSR count). The summed E-state index contributed by atoms with van der Waals surface area (Å²) in [7, 11) is 0. The fourth-order valence-electron chi connectivity index (χ4n) is 3.31. The summed E-state index contributed by atoms with van der Waals surface area (Å²) in [4.78, 5) is 23.7. The third-order valence-electron chi connectivity index (χ3n) is 4.49. The van der Waals surface area contributed by atoms with Crippen LogP contribution in [0.25, 0.3) is 22.5 Å². The van der Waals surface area contributed by atoms with E-state index in [-0.39, 0.29) is 11.1 Å². The van der Waals surface area contributed by atoms with Crippen molar-refractivity contribution in [1.29, 1.82) is 0 Å². The maximum atomic E-state index is 11.8. The molecule has 2 heterocycles. The summed E-state index contributed by atoms with van der Waals surface area (Å²) in [6.07, 6.45) is 1.78. The Morgan fingerprint density at radius 3 is 2.50 bits per heavy atom.